The second kappa shape index (κ2) is 9.19. The van der Waals surface area contributed by atoms with Crippen molar-refractivity contribution < 1.29 is 23.8 Å². The zero-order valence-corrected chi connectivity index (χ0v) is 14.0. The van der Waals surface area contributed by atoms with Crippen LogP contribution in [0, 0.1) is 0 Å². The highest BCUT2D eigenvalue weighted by Gasteiger charge is 2.13. The van der Waals surface area contributed by atoms with E-state index in [0.717, 1.165) is 0 Å². The Hall–Kier alpha value is -1.89. The Morgan fingerprint density at radius 2 is 2.00 bits per heavy atom. The molecule has 0 aliphatic heterocycles. The largest absolute Gasteiger partial charge is 0.497 e. The van der Waals surface area contributed by atoms with Crippen molar-refractivity contribution in [3.05, 3.63) is 18.2 Å². The highest BCUT2D eigenvalue weighted by atomic mass is 32.2. The number of amides is 1. The van der Waals surface area contributed by atoms with E-state index in [1.165, 1.54) is 14.2 Å². The number of esters is 1. The van der Waals surface area contributed by atoms with Gasteiger partial charge in [-0.15, -0.1) is 0 Å². The first kappa shape index (κ1) is 18.2. The molecule has 0 aromatic heterocycles. The van der Waals surface area contributed by atoms with E-state index in [0.29, 0.717) is 17.2 Å². The molecule has 1 N–H and O–H groups in total. The zero-order valence-electron chi connectivity index (χ0n) is 13.2. The van der Waals surface area contributed by atoms with Crippen LogP contribution in [0.2, 0.25) is 0 Å². The fraction of sp³-hybridized carbons (Fsp3) is 0.467. The maximum absolute atomic E-state index is 11.9. The van der Waals surface area contributed by atoms with Crippen LogP contribution < -0.4 is 14.8 Å². The number of thioether (sulfide) groups is 1. The minimum atomic E-state index is -0.434. The molecule has 1 atom stereocenters. The van der Waals surface area contributed by atoms with Crippen LogP contribution in [0.15, 0.2) is 18.2 Å². The van der Waals surface area contributed by atoms with Crippen LogP contribution in [0.25, 0.3) is 0 Å². The minimum Gasteiger partial charge on any atom is -0.497 e. The van der Waals surface area contributed by atoms with Gasteiger partial charge < -0.3 is 19.5 Å². The lowest BCUT2D eigenvalue weighted by Gasteiger charge is -2.12. The standard InChI is InChI=1S/C15H21NO5S/c1-10(22-4)7-15(18)21-9-14(17)16-12-8-11(19-2)5-6-13(12)20-3/h5-6,8,10H,7,9H2,1-4H3,(H,16,17)/t10-/m1/s1. The van der Waals surface area contributed by atoms with Crippen LogP contribution in [0.4, 0.5) is 5.69 Å². The van der Waals surface area contributed by atoms with E-state index in [-0.39, 0.29) is 18.3 Å². The maximum Gasteiger partial charge on any atom is 0.307 e. The van der Waals surface area contributed by atoms with E-state index < -0.39 is 11.9 Å². The molecule has 7 heteroatoms. The second-order valence-corrected chi connectivity index (χ2v) is 5.80. The van der Waals surface area contributed by atoms with Crippen LogP contribution in [0.5, 0.6) is 11.5 Å². The number of hydrogen-bond donors (Lipinski definition) is 1. The number of carbonyl (C=O) groups excluding carboxylic acids is 2. The van der Waals surface area contributed by atoms with Gasteiger partial charge in [0.2, 0.25) is 0 Å². The van der Waals surface area contributed by atoms with Crippen LogP contribution in [-0.4, -0.2) is 44.2 Å². The van der Waals surface area contributed by atoms with E-state index in [9.17, 15) is 9.59 Å². The van der Waals surface area contributed by atoms with Gasteiger partial charge in [0.15, 0.2) is 6.61 Å². The van der Waals surface area contributed by atoms with Crippen molar-refractivity contribution in [2.24, 2.45) is 0 Å². The molecule has 0 radical (unpaired) electrons. The molecule has 1 rings (SSSR count). The second-order valence-electron chi connectivity index (χ2n) is 4.53. The smallest absolute Gasteiger partial charge is 0.307 e. The van der Waals surface area contributed by atoms with Crippen molar-refractivity contribution in [1.29, 1.82) is 0 Å². The van der Waals surface area contributed by atoms with Gasteiger partial charge in [-0.1, -0.05) is 6.92 Å². The van der Waals surface area contributed by atoms with Crippen molar-refractivity contribution in [2.75, 3.05) is 32.4 Å². The molecular formula is C15H21NO5S. The third kappa shape index (κ3) is 5.85. The lowest BCUT2D eigenvalue weighted by molar-refractivity contribution is -0.147. The highest BCUT2D eigenvalue weighted by molar-refractivity contribution is 7.99. The van der Waals surface area contributed by atoms with E-state index in [1.54, 1.807) is 30.0 Å². The monoisotopic (exact) mass is 327 g/mol. The molecule has 1 amide bonds. The van der Waals surface area contributed by atoms with Crippen molar-refractivity contribution >= 4 is 29.3 Å². The number of nitrogens with one attached hydrogen (secondary N) is 1. The molecule has 0 aliphatic carbocycles. The predicted octanol–water partition coefficient (Wildman–Crippen LogP) is 2.33. The van der Waals surface area contributed by atoms with Crippen LogP contribution >= 0.6 is 11.8 Å². The third-order valence-electron chi connectivity index (χ3n) is 2.90. The first-order chi connectivity index (χ1) is 10.5. The van der Waals surface area contributed by atoms with Gasteiger partial charge in [0.25, 0.3) is 5.91 Å². The van der Waals surface area contributed by atoms with Crippen molar-refractivity contribution in [3.63, 3.8) is 0 Å². The summed E-state index contributed by atoms with van der Waals surface area (Å²) in [7, 11) is 3.03. The molecule has 0 fully saturated rings. The Morgan fingerprint density at radius 3 is 2.59 bits per heavy atom. The van der Waals surface area contributed by atoms with Gasteiger partial charge in [0, 0.05) is 11.3 Å². The average molecular weight is 327 g/mol. The quantitative estimate of drug-likeness (QED) is 0.739. The van der Waals surface area contributed by atoms with Crippen LogP contribution in [0.3, 0.4) is 0 Å². The Labute approximate surface area is 134 Å². The summed E-state index contributed by atoms with van der Waals surface area (Å²) in [6, 6.07) is 5.03. The molecule has 1 aromatic carbocycles. The first-order valence-corrected chi connectivity index (χ1v) is 7.99. The highest BCUT2D eigenvalue weighted by Crippen LogP contribution is 2.28. The third-order valence-corrected chi connectivity index (χ3v) is 3.87. The average Bonchev–Trinajstić information content (AvgIpc) is 2.52. The summed E-state index contributed by atoms with van der Waals surface area (Å²) >= 11 is 1.57. The lowest BCUT2D eigenvalue weighted by Crippen LogP contribution is -2.22. The van der Waals surface area contributed by atoms with Crippen LogP contribution in [-0.2, 0) is 14.3 Å². The minimum absolute atomic E-state index is 0.161. The molecule has 0 saturated carbocycles. The number of hydrogen-bond acceptors (Lipinski definition) is 6. The van der Waals surface area contributed by atoms with E-state index in [4.69, 9.17) is 14.2 Å². The van der Waals surface area contributed by atoms with Crippen LogP contribution in [0.1, 0.15) is 13.3 Å². The Bertz CT molecular complexity index is 521. The van der Waals surface area contributed by atoms with Crippen molar-refractivity contribution in [3.8, 4) is 11.5 Å². The number of benzene rings is 1. The van der Waals surface area contributed by atoms with Gasteiger partial charge in [-0.2, -0.15) is 11.8 Å². The van der Waals surface area contributed by atoms with Gasteiger partial charge in [0.1, 0.15) is 11.5 Å². The lowest BCUT2D eigenvalue weighted by atomic mass is 10.2. The summed E-state index contributed by atoms with van der Waals surface area (Å²) in [5.74, 6) is 0.254. The molecule has 122 valence electrons. The number of anilines is 1. The number of methoxy groups -OCH3 is 2. The topological polar surface area (TPSA) is 73.9 Å². The number of ether oxygens (including phenoxy) is 3. The van der Waals surface area contributed by atoms with E-state index >= 15 is 0 Å². The SMILES string of the molecule is COc1ccc(OC)c(NC(=O)COC(=O)C[C@@H](C)SC)c1. The Kier molecular flexibility index (Phi) is 7.59. The fourth-order valence-electron chi connectivity index (χ4n) is 1.62. The maximum atomic E-state index is 11.9. The summed E-state index contributed by atoms with van der Waals surface area (Å²) < 4.78 is 15.2. The molecule has 6 nitrogen and oxygen atoms in total. The molecule has 0 aliphatic rings. The normalized spacial score (nSPS) is 11.5. The van der Waals surface area contributed by atoms with E-state index in [2.05, 4.69) is 5.32 Å². The van der Waals surface area contributed by atoms with Crippen molar-refractivity contribution in [2.45, 2.75) is 18.6 Å². The summed E-state index contributed by atoms with van der Waals surface area (Å²) in [6.45, 7) is 1.59. The van der Waals surface area contributed by atoms with Gasteiger partial charge >= 0.3 is 5.97 Å². The summed E-state index contributed by atoms with van der Waals surface area (Å²) in [4.78, 5) is 23.4. The number of carbonyl (C=O) groups is 2. The molecule has 0 heterocycles. The Morgan fingerprint density at radius 1 is 1.27 bits per heavy atom. The molecule has 0 bridgehead atoms. The fourth-order valence-corrected chi connectivity index (χ4v) is 1.92. The molecule has 0 saturated heterocycles. The van der Waals surface area contributed by atoms with Gasteiger partial charge in [0.05, 0.1) is 26.3 Å². The molecule has 22 heavy (non-hydrogen) atoms. The predicted molar refractivity (Wildman–Crippen MR) is 86.7 cm³/mol. The Balaban J connectivity index is 2.56. The molecule has 0 spiro atoms. The van der Waals surface area contributed by atoms with Crippen molar-refractivity contribution in [1.82, 2.24) is 0 Å². The molecular weight excluding hydrogens is 306 g/mol. The summed E-state index contributed by atoms with van der Waals surface area (Å²) in [5.41, 5.74) is 0.459. The summed E-state index contributed by atoms with van der Waals surface area (Å²) in [6.07, 6.45) is 2.19. The molecule has 0 unspecified atom stereocenters. The number of rotatable bonds is 8. The van der Waals surface area contributed by atoms with Gasteiger partial charge in [-0.3, -0.25) is 9.59 Å². The molecule has 1 aromatic rings. The van der Waals surface area contributed by atoms with Gasteiger partial charge in [-0.25, -0.2) is 0 Å². The van der Waals surface area contributed by atoms with E-state index in [1.807, 2.05) is 13.2 Å². The first-order valence-electron chi connectivity index (χ1n) is 6.70. The summed E-state index contributed by atoms with van der Waals surface area (Å²) in [5, 5.41) is 2.79. The zero-order chi connectivity index (χ0) is 16.5. The van der Waals surface area contributed by atoms with Gasteiger partial charge in [-0.05, 0) is 18.4 Å².